The normalized spacial score (nSPS) is 12.1. The fraction of sp³-hybridized carbons (Fsp3) is 0.125. The van der Waals surface area contributed by atoms with E-state index >= 15 is 0 Å². The molecule has 0 bridgehead atoms. The summed E-state index contributed by atoms with van der Waals surface area (Å²) < 4.78 is 1.06. The summed E-state index contributed by atoms with van der Waals surface area (Å²) in [5.41, 5.74) is 10.2. The van der Waals surface area contributed by atoms with Gasteiger partial charge in [-0.2, -0.15) is 5.10 Å². The Balaban J connectivity index is 1.75. The number of nitrogens with one attached hydrogen (secondary N) is 1. The number of hydrogen-bond acceptors (Lipinski definition) is 7. The Morgan fingerprint density at radius 3 is 2.88 bits per heavy atom. The highest BCUT2D eigenvalue weighted by molar-refractivity contribution is 7.21. The zero-order chi connectivity index (χ0) is 16.9. The maximum Gasteiger partial charge on any atom is 0.231 e. The van der Waals surface area contributed by atoms with Crippen LogP contribution in [-0.2, 0) is 0 Å². The lowest BCUT2D eigenvalue weighted by Gasteiger charge is -2.04. The van der Waals surface area contributed by atoms with Crippen LogP contribution in [0.2, 0.25) is 0 Å². The molecular formula is C16H16N6OS. The summed E-state index contributed by atoms with van der Waals surface area (Å²) in [5, 5.41) is 22.8. The van der Waals surface area contributed by atoms with Crippen molar-refractivity contribution in [2.75, 3.05) is 11.2 Å². The third kappa shape index (κ3) is 3.66. The average Bonchev–Trinajstić information content (AvgIpc) is 2.99. The summed E-state index contributed by atoms with van der Waals surface area (Å²) in [6.45, 7) is 1.92. The second-order valence-electron chi connectivity index (χ2n) is 4.93. The molecule has 1 heterocycles. The van der Waals surface area contributed by atoms with E-state index in [-0.39, 0.29) is 5.75 Å². The Bertz CT molecular complexity index is 885. The number of nitrogens with two attached hydrogens (primary N) is 1. The van der Waals surface area contributed by atoms with Gasteiger partial charge in [0.05, 0.1) is 15.9 Å². The Morgan fingerprint density at radius 2 is 2.12 bits per heavy atom. The fourth-order valence-corrected chi connectivity index (χ4v) is 2.73. The van der Waals surface area contributed by atoms with Crippen molar-refractivity contribution >= 4 is 43.9 Å². The molecule has 2 aromatic carbocycles. The van der Waals surface area contributed by atoms with E-state index in [1.807, 2.05) is 31.2 Å². The summed E-state index contributed by atoms with van der Waals surface area (Å²) in [6, 6.07) is 12.6. The third-order valence-corrected chi connectivity index (χ3v) is 4.10. The van der Waals surface area contributed by atoms with Crippen molar-refractivity contribution < 1.29 is 5.11 Å². The van der Waals surface area contributed by atoms with Crippen molar-refractivity contribution in [1.82, 2.24) is 4.98 Å². The molecule has 3 rings (SSSR count). The maximum atomic E-state index is 9.79. The molecule has 24 heavy (non-hydrogen) atoms. The molecule has 0 amide bonds. The average molecular weight is 340 g/mol. The van der Waals surface area contributed by atoms with Crippen LogP contribution in [0.4, 0.5) is 16.5 Å². The Morgan fingerprint density at radius 1 is 1.29 bits per heavy atom. The lowest BCUT2D eigenvalue weighted by Crippen LogP contribution is -1.98. The van der Waals surface area contributed by atoms with E-state index in [9.17, 15) is 5.11 Å². The number of phenolic OH excluding ortho intramolecular Hbond substituents is 1. The number of hydrogen-bond donors (Lipinski definition) is 3. The number of fused-ring (bicyclic) bond motifs is 1. The van der Waals surface area contributed by atoms with Crippen molar-refractivity contribution in [3.8, 4) is 5.75 Å². The predicted molar refractivity (Wildman–Crippen MR) is 98.0 cm³/mol. The molecule has 0 aliphatic rings. The number of aromatic nitrogens is 1. The van der Waals surface area contributed by atoms with E-state index < -0.39 is 0 Å². The number of para-hydroxylation sites is 1. The van der Waals surface area contributed by atoms with Gasteiger partial charge >= 0.3 is 0 Å². The highest BCUT2D eigenvalue weighted by Crippen LogP contribution is 2.28. The van der Waals surface area contributed by atoms with Crippen LogP contribution < -0.4 is 11.2 Å². The standard InChI is InChI=1S/C16H16N6OS/c1-2-15(20-19-11-8-7-10(17)9-13(11)23)21-22-16-18-12-5-3-4-6-14(12)24-16/h3-9,19,23H,2,17H2,1H3. The minimum atomic E-state index is 0.0253. The Hall–Kier alpha value is -3.00. The van der Waals surface area contributed by atoms with E-state index in [2.05, 4.69) is 25.7 Å². The van der Waals surface area contributed by atoms with E-state index in [4.69, 9.17) is 5.73 Å². The van der Waals surface area contributed by atoms with E-state index in [1.165, 1.54) is 17.4 Å². The summed E-state index contributed by atoms with van der Waals surface area (Å²) in [5.74, 6) is 0.516. The predicted octanol–water partition coefficient (Wildman–Crippen LogP) is 4.50. The first-order valence-electron chi connectivity index (χ1n) is 7.34. The van der Waals surface area contributed by atoms with Gasteiger partial charge in [-0.15, -0.1) is 10.2 Å². The number of amidine groups is 1. The van der Waals surface area contributed by atoms with Gasteiger partial charge in [-0.05, 0) is 24.3 Å². The first-order valence-corrected chi connectivity index (χ1v) is 8.15. The number of hydrazone groups is 1. The van der Waals surface area contributed by atoms with Gasteiger partial charge in [0.15, 0.2) is 5.84 Å². The number of phenols is 1. The highest BCUT2D eigenvalue weighted by Gasteiger charge is 2.03. The molecule has 0 aliphatic heterocycles. The molecule has 0 spiro atoms. The van der Waals surface area contributed by atoms with Crippen LogP contribution in [-0.4, -0.2) is 15.9 Å². The van der Waals surface area contributed by atoms with Crippen LogP contribution in [0.15, 0.2) is 57.8 Å². The van der Waals surface area contributed by atoms with Gasteiger partial charge in [0.1, 0.15) is 5.75 Å². The van der Waals surface area contributed by atoms with E-state index in [0.29, 0.717) is 28.8 Å². The number of benzene rings is 2. The smallest absolute Gasteiger partial charge is 0.231 e. The molecule has 0 fully saturated rings. The lowest BCUT2D eigenvalue weighted by molar-refractivity contribution is 0.477. The topological polar surface area (TPSA) is 108 Å². The molecule has 8 heteroatoms. The molecule has 4 N–H and O–H groups in total. The fourth-order valence-electron chi connectivity index (χ4n) is 1.94. The number of nitrogen functional groups attached to an aromatic ring is 1. The van der Waals surface area contributed by atoms with Gasteiger partial charge in [-0.1, -0.05) is 30.4 Å². The van der Waals surface area contributed by atoms with Crippen LogP contribution >= 0.6 is 11.3 Å². The largest absolute Gasteiger partial charge is 0.506 e. The summed E-state index contributed by atoms with van der Waals surface area (Å²) in [7, 11) is 0. The monoisotopic (exact) mass is 340 g/mol. The molecule has 0 aliphatic carbocycles. The number of thiazole rings is 1. The molecule has 122 valence electrons. The maximum absolute atomic E-state index is 9.79. The van der Waals surface area contributed by atoms with E-state index in [1.54, 1.807) is 12.1 Å². The number of azo groups is 1. The first-order chi connectivity index (χ1) is 11.7. The Labute approximate surface area is 142 Å². The molecular weight excluding hydrogens is 324 g/mol. The summed E-state index contributed by atoms with van der Waals surface area (Å²) in [4.78, 5) is 4.39. The van der Waals surface area contributed by atoms with Crippen LogP contribution in [0.25, 0.3) is 10.2 Å². The second kappa shape index (κ2) is 7.05. The SMILES string of the molecule is CCC(N=Nc1nc2ccccc2s1)=NNc1ccc(N)cc1O. The molecule has 0 atom stereocenters. The van der Waals surface area contributed by atoms with E-state index in [0.717, 1.165) is 10.2 Å². The molecule has 0 saturated carbocycles. The van der Waals surface area contributed by atoms with Crippen LogP contribution in [0.5, 0.6) is 5.75 Å². The van der Waals surface area contributed by atoms with Gasteiger partial charge in [0.2, 0.25) is 5.13 Å². The second-order valence-corrected chi connectivity index (χ2v) is 5.94. The van der Waals surface area contributed by atoms with Gasteiger partial charge in [0, 0.05) is 18.2 Å². The molecule has 0 saturated heterocycles. The minimum absolute atomic E-state index is 0.0253. The number of rotatable bonds is 4. The molecule has 0 unspecified atom stereocenters. The van der Waals surface area contributed by atoms with Crippen molar-refractivity contribution in [2.45, 2.75) is 13.3 Å². The van der Waals surface area contributed by atoms with Crippen molar-refractivity contribution in [3.63, 3.8) is 0 Å². The van der Waals surface area contributed by atoms with Crippen LogP contribution in [0, 0.1) is 0 Å². The molecule has 0 radical (unpaired) electrons. The molecule has 3 aromatic rings. The zero-order valence-corrected chi connectivity index (χ0v) is 13.8. The van der Waals surface area contributed by atoms with Gasteiger partial charge < -0.3 is 10.8 Å². The summed E-state index contributed by atoms with van der Waals surface area (Å²) in [6.07, 6.45) is 0.580. The minimum Gasteiger partial charge on any atom is -0.506 e. The van der Waals surface area contributed by atoms with Crippen molar-refractivity contribution in [2.24, 2.45) is 15.3 Å². The van der Waals surface area contributed by atoms with Gasteiger partial charge in [-0.25, -0.2) is 4.98 Å². The molecule has 7 nitrogen and oxygen atoms in total. The number of nitrogens with zero attached hydrogens (tertiary/aromatic N) is 4. The van der Waals surface area contributed by atoms with Crippen LogP contribution in [0.1, 0.15) is 13.3 Å². The van der Waals surface area contributed by atoms with Crippen molar-refractivity contribution in [3.05, 3.63) is 42.5 Å². The van der Waals surface area contributed by atoms with Crippen LogP contribution in [0.3, 0.4) is 0 Å². The third-order valence-electron chi connectivity index (χ3n) is 3.18. The quantitative estimate of drug-likeness (QED) is 0.162. The molecule has 1 aromatic heterocycles. The Kier molecular flexibility index (Phi) is 4.66. The summed E-state index contributed by atoms with van der Waals surface area (Å²) >= 11 is 1.47. The highest BCUT2D eigenvalue weighted by atomic mass is 32.1. The van der Waals surface area contributed by atoms with Crippen molar-refractivity contribution in [1.29, 1.82) is 0 Å². The first kappa shape index (κ1) is 15.9. The zero-order valence-electron chi connectivity index (χ0n) is 13.0. The number of anilines is 2. The number of aromatic hydroxyl groups is 1. The van der Waals surface area contributed by atoms with Gasteiger partial charge in [-0.3, -0.25) is 5.43 Å². The lowest BCUT2D eigenvalue weighted by atomic mass is 10.2. The van der Waals surface area contributed by atoms with Gasteiger partial charge in [0.25, 0.3) is 0 Å².